The maximum absolute atomic E-state index is 13.3. The Bertz CT molecular complexity index is 1800. The molecule has 0 aliphatic carbocycles. The third-order valence-electron chi connectivity index (χ3n) is 6.56. The van der Waals surface area contributed by atoms with Crippen LogP contribution in [0.25, 0.3) is 11.8 Å². The van der Waals surface area contributed by atoms with Gasteiger partial charge in [-0.2, -0.15) is 10.5 Å². The van der Waals surface area contributed by atoms with Crippen molar-refractivity contribution in [3.63, 3.8) is 0 Å². The van der Waals surface area contributed by atoms with E-state index < -0.39 is 17.4 Å². The van der Waals surface area contributed by atoms with Gasteiger partial charge in [0.25, 0.3) is 17.4 Å². The summed E-state index contributed by atoms with van der Waals surface area (Å²) in [6.45, 7) is 4.90. The van der Waals surface area contributed by atoms with Gasteiger partial charge < -0.3 is 5.11 Å². The average Bonchev–Trinajstić information content (AvgIpc) is 2.94. The van der Waals surface area contributed by atoms with Gasteiger partial charge in [0.15, 0.2) is 0 Å². The van der Waals surface area contributed by atoms with Gasteiger partial charge in [0.05, 0.1) is 11.4 Å². The summed E-state index contributed by atoms with van der Waals surface area (Å²) in [6.07, 6.45) is 6.43. The molecule has 0 bridgehead atoms. The Kier molecular flexibility index (Phi) is 7.74. The topological polar surface area (TPSA) is 127 Å². The molecule has 3 aromatic rings. The molecule has 0 spiro atoms. The molecule has 8 heteroatoms. The van der Waals surface area contributed by atoms with Crippen molar-refractivity contribution in [1.29, 1.82) is 10.5 Å². The first kappa shape index (κ1) is 27.3. The molecular formula is C32H24N4O4. The maximum Gasteiger partial charge on any atom is 0.276 e. The second-order valence-electron chi connectivity index (χ2n) is 9.04. The average molecular weight is 529 g/mol. The minimum Gasteiger partial charge on any atom is -0.494 e. The van der Waals surface area contributed by atoms with Crippen LogP contribution in [0.2, 0.25) is 0 Å². The van der Waals surface area contributed by atoms with Crippen molar-refractivity contribution >= 4 is 23.6 Å². The van der Waals surface area contributed by atoms with Gasteiger partial charge in [-0.05, 0) is 68.3 Å². The van der Waals surface area contributed by atoms with Crippen molar-refractivity contribution in [2.75, 3.05) is 4.90 Å². The van der Waals surface area contributed by atoms with Crippen LogP contribution in [0.3, 0.4) is 0 Å². The Morgan fingerprint density at radius 1 is 0.875 bits per heavy atom. The number of para-hydroxylation sites is 2. The number of nitriles is 2. The molecule has 0 unspecified atom stereocenters. The molecule has 2 heterocycles. The molecule has 40 heavy (non-hydrogen) atoms. The third-order valence-corrected chi connectivity index (χ3v) is 6.56. The summed E-state index contributed by atoms with van der Waals surface area (Å²) >= 11 is 0. The first-order valence-corrected chi connectivity index (χ1v) is 12.3. The lowest BCUT2D eigenvalue weighted by Gasteiger charge is -2.27. The van der Waals surface area contributed by atoms with Gasteiger partial charge in [0.2, 0.25) is 5.88 Å². The van der Waals surface area contributed by atoms with Gasteiger partial charge in [-0.3, -0.25) is 14.4 Å². The normalized spacial score (nSPS) is 15.1. The second-order valence-corrected chi connectivity index (χ2v) is 9.04. The summed E-state index contributed by atoms with van der Waals surface area (Å²) < 4.78 is 1.08. The van der Waals surface area contributed by atoms with Crippen molar-refractivity contribution < 1.29 is 14.7 Å². The molecule has 1 aliphatic rings. The van der Waals surface area contributed by atoms with E-state index in [9.17, 15) is 30.0 Å². The van der Waals surface area contributed by atoms with Gasteiger partial charge in [0, 0.05) is 11.1 Å². The standard InChI is InChI=1S/C32H24N4O4/c1-20(14-16-25-21(2)27(18-33)31(39)35(29(25)37)23-10-6-4-7-11-23)15-17-26-22(3)28(19-34)32(40)36(30(26)38)24-12-8-5-9-13-24/h4-17,37H,1-3H3/b16-14?,20-15?,26-17-. The molecule has 0 saturated heterocycles. The van der Waals surface area contributed by atoms with Crippen LogP contribution in [-0.2, 0) is 9.59 Å². The number of hydrogen-bond acceptors (Lipinski definition) is 6. The number of hydrogen-bond donors (Lipinski definition) is 1. The van der Waals surface area contributed by atoms with Crippen molar-refractivity contribution in [1.82, 2.24) is 4.57 Å². The van der Waals surface area contributed by atoms with E-state index in [2.05, 4.69) is 0 Å². The number of aromatic nitrogens is 1. The van der Waals surface area contributed by atoms with Gasteiger partial charge in [-0.15, -0.1) is 0 Å². The highest BCUT2D eigenvalue weighted by Gasteiger charge is 2.36. The molecule has 1 aliphatic heterocycles. The van der Waals surface area contributed by atoms with E-state index in [1.54, 1.807) is 99.7 Å². The number of imide groups is 1. The summed E-state index contributed by atoms with van der Waals surface area (Å²) in [5.41, 5.74) is 1.68. The van der Waals surface area contributed by atoms with E-state index >= 15 is 0 Å². The Balaban J connectivity index is 1.76. The number of carbonyl (C=O) groups is 2. The Morgan fingerprint density at radius 2 is 1.48 bits per heavy atom. The van der Waals surface area contributed by atoms with E-state index in [1.807, 2.05) is 12.1 Å². The highest BCUT2D eigenvalue weighted by molar-refractivity contribution is 6.31. The first-order valence-electron chi connectivity index (χ1n) is 12.3. The van der Waals surface area contributed by atoms with E-state index in [4.69, 9.17) is 0 Å². The zero-order valence-corrected chi connectivity index (χ0v) is 22.0. The number of pyridine rings is 1. The Hall–Kier alpha value is -5.73. The SMILES string of the molecule is CC(C=Cc1c(C)c(C#N)c(=O)n(-c2ccccc2)c1O)=C/C=C1\C(=O)N(c2ccccc2)C(=O)C(C#N)=C1C. The summed E-state index contributed by atoms with van der Waals surface area (Å²) in [7, 11) is 0. The smallest absolute Gasteiger partial charge is 0.276 e. The van der Waals surface area contributed by atoms with Crippen molar-refractivity contribution in [2.24, 2.45) is 0 Å². The summed E-state index contributed by atoms with van der Waals surface area (Å²) in [4.78, 5) is 40.1. The number of benzene rings is 2. The fraction of sp³-hybridized carbons (Fsp3) is 0.0938. The van der Waals surface area contributed by atoms with Crippen LogP contribution < -0.4 is 10.5 Å². The minimum absolute atomic E-state index is 0.0895. The molecule has 0 atom stereocenters. The van der Waals surface area contributed by atoms with Crippen LogP contribution in [0.4, 0.5) is 5.69 Å². The van der Waals surface area contributed by atoms with Gasteiger partial charge in [-0.25, -0.2) is 9.47 Å². The van der Waals surface area contributed by atoms with E-state index in [-0.39, 0.29) is 33.7 Å². The number of amides is 2. The fourth-order valence-corrected chi connectivity index (χ4v) is 4.34. The monoisotopic (exact) mass is 528 g/mol. The molecule has 0 saturated carbocycles. The van der Waals surface area contributed by atoms with Crippen LogP contribution in [-0.4, -0.2) is 21.5 Å². The van der Waals surface area contributed by atoms with Gasteiger partial charge in [0.1, 0.15) is 23.3 Å². The van der Waals surface area contributed by atoms with Crippen molar-refractivity contribution in [3.8, 4) is 23.7 Å². The molecule has 0 fully saturated rings. The van der Waals surface area contributed by atoms with E-state index in [1.165, 1.54) is 6.08 Å². The van der Waals surface area contributed by atoms with E-state index in [0.29, 0.717) is 22.5 Å². The molecule has 196 valence electrons. The number of allylic oxidation sites excluding steroid dienone is 4. The van der Waals surface area contributed by atoms with Crippen molar-refractivity contribution in [2.45, 2.75) is 20.8 Å². The number of rotatable bonds is 5. The van der Waals surface area contributed by atoms with Crippen LogP contribution in [0.5, 0.6) is 5.88 Å². The zero-order valence-electron chi connectivity index (χ0n) is 22.0. The van der Waals surface area contributed by atoms with E-state index in [0.717, 1.165) is 9.47 Å². The Morgan fingerprint density at radius 3 is 2.05 bits per heavy atom. The quantitative estimate of drug-likeness (QED) is 0.281. The summed E-state index contributed by atoms with van der Waals surface area (Å²) in [6, 6.07) is 20.7. The van der Waals surface area contributed by atoms with Crippen molar-refractivity contribution in [3.05, 3.63) is 128 Å². The maximum atomic E-state index is 13.3. The van der Waals surface area contributed by atoms with Gasteiger partial charge in [-0.1, -0.05) is 54.1 Å². The highest BCUT2D eigenvalue weighted by Crippen LogP contribution is 2.30. The largest absolute Gasteiger partial charge is 0.494 e. The number of aromatic hydroxyl groups is 1. The van der Waals surface area contributed by atoms with Crippen LogP contribution >= 0.6 is 0 Å². The lowest BCUT2D eigenvalue weighted by Crippen LogP contribution is -2.42. The summed E-state index contributed by atoms with van der Waals surface area (Å²) in [5, 5.41) is 30.3. The van der Waals surface area contributed by atoms with Crippen LogP contribution in [0.15, 0.2) is 106 Å². The molecule has 2 aromatic carbocycles. The van der Waals surface area contributed by atoms with Crippen LogP contribution in [0, 0.1) is 29.6 Å². The first-order chi connectivity index (χ1) is 19.2. The van der Waals surface area contributed by atoms with Crippen LogP contribution in [0.1, 0.15) is 30.5 Å². The molecule has 1 aromatic heterocycles. The van der Waals surface area contributed by atoms with Gasteiger partial charge >= 0.3 is 0 Å². The zero-order chi connectivity index (χ0) is 29.0. The lowest BCUT2D eigenvalue weighted by atomic mass is 9.94. The predicted octanol–water partition coefficient (Wildman–Crippen LogP) is 5.02. The fourth-order valence-electron chi connectivity index (χ4n) is 4.34. The number of carbonyl (C=O) groups excluding carboxylic acids is 2. The summed E-state index contributed by atoms with van der Waals surface area (Å²) in [5.74, 6) is -1.54. The highest BCUT2D eigenvalue weighted by atomic mass is 16.3. The molecular weight excluding hydrogens is 504 g/mol. The number of nitrogens with zero attached hydrogens (tertiary/aromatic N) is 4. The third kappa shape index (κ3) is 4.90. The number of anilines is 1. The molecule has 4 rings (SSSR count). The minimum atomic E-state index is -0.679. The molecule has 2 amide bonds. The molecule has 0 radical (unpaired) electrons. The molecule has 1 N–H and O–H groups in total. The Labute approximate surface area is 231 Å². The second kappa shape index (κ2) is 11.3. The lowest BCUT2D eigenvalue weighted by molar-refractivity contribution is -0.122. The predicted molar refractivity (Wildman–Crippen MR) is 151 cm³/mol. The molecule has 8 nitrogen and oxygen atoms in total.